The molecule has 1 amide bonds. The third kappa shape index (κ3) is 6.08. The van der Waals surface area contributed by atoms with E-state index < -0.39 is 11.0 Å². The van der Waals surface area contributed by atoms with Gasteiger partial charge in [0.25, 0.3) is 5.69 Å². The highest BCUT2D eigenvalue weighted by molar-refractivity contribution is 5.65. The molecule has 9 heteroatoms. The molecule has 1 atom stereocenters. The van der Waals surface area contributed by atoms with Gasteiger partial charge < -0.3 is 24.2 Å². The van der Waals surface area contributed by atoms with Crippen molar-refractivity contribution in [3.63, 3.8) is 0 Å². The smallest absolute Gasteiger partial charge is 0.407 e. The monoisotopic (exact) mass is 430 g/mol. The number of amides is 1. The Morgan fingerprint density at radius 3 is 2.48 bits per heavy atom. The Hall–Kier alpha value is -3.33. The molecule has 0 spiro atoms. The van der Waals surface area contributed by atoms with Crippen molar-refractivity contribution in [1.29, 1.82) is 0 Å². The molecule has 31 heavy (non-hydrogen) atoms. The minimum atomic E-state index is -0.896. The SMILES string of the molecule is CCOCc1cccc([N+](=O)[O-])c1COc1ccc(OC[C@@H]2CCN(C(=O)O)C2)cc1. The molecule has 0 bridgehead atoms. The van der Waals surface area contributed by atoms with Crippen molar-refractivity contribution in [3.05, 3.63) is 63.7 Å². The molecule has 3 rings (SSSR count). The van der Waals surface area contributed by atoms with Crippen LogP contribution in [0.4, 0.5) is 10.5 Å². The Morgan fingerprint density at radius 2 is 1.87 bits per heavy atom. The van der Waals surface area contributed by atoms with Crippen LogP contribution in [0.5, 0.6) is 11.5 Å². The van der Waals surface area contributed by atoms with E-state index in [4.69, 9.17) is 19.3 Å². The van der Waals surface area contributed by atoms with E-state index in [1.54, 1.807) is 36.4 Å². The maximum Gasteiger partial charge on any atom is 0.407 e. The largest absolute Gasteiger partial charge is 0.493 e. The van der Waals surface area contributed by atoms with Crippen molar-refractivity contribution in [3.8, 4) is 11.5 Å². The first-order chi connectivity index (χ1) is 15.0. The number of nitro benzene ring substituents is 1. The maximum absolute atomic E-state index is 11.4. The van der Waals surface area contributed by atoms with Crippen molar-refractivity contribution >= 4 is 11.8 Å². The fourth-order valence-corrected chi connectivity index (χ4v) is 3.45. The van der Waals surface area contributed by atoms with Gasteiger partial charge in [0.2, 0.25) is 0 Å². The lowest BCUT2D eigenvalue weighted by molar-refractivity contribution is -0.385. The van der Waals surface area contributed by atoms with Gasteiger partial charge in [-0.2, -0.15) is 0 Å². The number of ether oxygens (including phenoxy) is 3. The molecule has 0 aromatic heterocycles. The Labute approximate surface area is 180 Å². The lowest BCUT2D eigenvalue weighted by atomic mass is 10.1. The minimum absolute atomic E-state index is 0.00382. The van der Waals surface area contributed by atoms with Crippen LogP contribution in [-0.2, 0) is 18.0 Å². The molecule has 1 aliphatic rings. The Bertz CT molecular complexity index is 901. The first kappa shape index (κ1) is 22.4. The van der Waals surface area contributed by atoms with Gasteiger partial charge in [0, 0.05) is 31.7 Å². The van der Waals surface area contributed by atoms with Gasteiger partial charge in [-0.1, -0.05) is 12.1 Å². The fraction of sp³-hybridized carbons (Fsp3) is 0.409. The number of nitro groups is 1. The summed E-state index contributed by atoms with van der Waals surface area (Å²) in [6.07, 6.45) is -0.111. The molecule has 0 unspecified atom stereocenters. The molecule has 1 fully saturated rings. The molecule has 2 aromatic rings. The number of rotatable bonds is 10. The van der Waals surface area contributed by atoms with Gasteiger partial charge in [-0.3, -0.25) is 10.1 Å². The molecule has 2 aromatic carbocycles. The van der Waals surface area contributed by atoms with Crippen LogP contribution in [0.3, 0.4) is 0 Å². The highest BCUT2D eigenvalue weighted by Gasteiger charge is 2.26. The van der Waals surface area contributed by atoms with Gasteiger partial charge >= 0.3 is 6.09 Å². The van der Waals surface area contributed by atoms with E-state index in [1.807, 2.05) is 6.92 Å². The third-order valence-corrected chi connectivity index (χ3v) is 5.16. The summed E-state index contributed by atoms with van der Waals surface area (Å²) in [5.74, 6) is 1.39. The first-order valence-electron chi connectivity index (χ1n) is 10.1. The van der Waals surface area contributed by atoms with Crippen molar-refractivity contribution < 1.29 is 29.0 Å². The summed E-state index contributed by atoms with van der Waals surface area (Å²) in [4.78, 5) is 23.4. The molecule has 0 saturated carbocycles. The van der Waals surface area contributed by atoms with Crippen LogP contribution >= 0.6 is 0 Å². The summed E-state index contributed by atoms with van der Waals surface area (Å²) in [5.41, 5.74) is 1.22. The molecule has 0 aliphatic carbocycles. The zero-order chi connectivity index (χ0) is 22.2. The van der Waals surface area contributed by atoms with Crippen LogP contribution in [0.1, 0.15) is 24.5 Å². The predicted octanol–water partition coefficient (Wildman–Crippen LogP) is 4.09. The second-order valence-corrected chi connectivity index (χ2v) is 7.26. The summed E-state index contributed by atoms with van der Waals surface area (Å²) in [6, 6.07) is 11.9. The van der Waals surface area contributed by atoms with Gasteiger partial charge in [0.05, 0.1) is 23.7 Å². The fourth-order valence-electron chi connectivity index (χ4n) is 3.45. The molecule has 1 saturated heterocycles. The van der Waals surface area contributed by atoms with Crippen LogP contribution in [0, 0.1) is 16.0 Å². The quantitative estimate of drug-likeness (QED) is 0.446. The molecule has 166 valence electrons. The van der Waals surface area contributed by atoms with Gasteiger partial charge in [-0.25, -0.2) is 4.79 Å². The number of hydrogen-bond donors (Lipinski definition) is 1. The molecular weight excluding hydrogens is 404 g/mol. The normalized spacial score (nSPS) is 15.6. The highest BCUT2D eigenvalue weighted by Crippen LogP contribution is 2.26. The Morgan fingerprint density at radius 1 is 1.16 bits per heavy atom. The van der Waals surface area contributed by atoms with E-state index in [2.05, 4.69) is 0 Å². The van der Waals surface area contributed by atoms with E-state index in [-0.39, 0.29) is 24.8 Å². The summed E-state index contributed by atoms with van der Waals surface area (Å²) in [7, 11) is 0. The molecule has 1 aliphatic heterocycles. The summed E-state index contributed by atoms with van der Waals surface area (Å²) < 4.78 is 17.0. The van der Waals surface area contributed by atoms with Crippen LogP contribution in [0.2, 0.25) is 0 Å². The number of hydrogen-bond acceptors (Lipinski definition) is 6. The zero-order valence-corrected chi connectivity index (χ0v) is 17.4. The first-order valence-corrected chi connectivity index (χ1v) is 10.1. The van der Waals surface area contributed by atoms with E-state index in [0.717, 1.165) is 12.0 Å². The number of nitrogens with zero attached hydrogens (tertiary/aromatic N) is 2. The highest BCUT2D eigenvalue weighted by atomic mass is 16.6. The summed E-state index contributed by atoms with van der Waals surface area (Å²) in [6.45, 7) is 4.17. The van der Waals surface area contributed by atoms with Crippen LogP contribution in [-0.4, -0.2) is 47.3 Å². The topological polar surface area (TPSA) is 111 Å². The van der Waals surface area contributed by atoms with Crippen LogP contribution in [0.15, 0.2) is 42.5 Å². The van der Waals surface area contributed by atoms with Crippen molar-refractivity contribution in [2.45, 2.75) is 26.6 Å². The molecular formula is C22H26N2O7. The number of carbonyl (C=O) groups is 1. The van der Waals surface area contributed by atoms with E-state index in [1.165, 1.54) is 11.0 Å². The van der Waals surface area contributed by atoms with Gasteiger partial charge in [0.15, 0.2) is 0 Å². The number of benzene rings is 2. The van der Waals surface area contributed by atoms with Crippen molar-refractivity contribution in [2.24, 2.45) is 5.92 Å². The van der Waals surface area contributed by atoms with E-state index in [9.17, 15) is 14.9 Å². The van der Waals surface area contributed by atoms with E-state index >= 15 is 0 Å². The number of carboxylic acid groups (broad SMARTS) is 1. The minimum Gasteiger partial charge on any atom is -0.493 e. The number of likely N-dealkylation sites (tertiary alicyclic amines) is 1. The lowest BCUT2D eigenvalue weighted by Crippen LogP contribution is -2.27. The summed E-state index contributed by atoms with van der Waals surface area (Å²) in [5, 5.41) is 20.4. The van der Waals surface area contributed by atoms with Crippen LogP contribution < -0.4 is 9.47 Å². The summed E-state index contributed by atoms with van der Waals surface area (Å²) >= 11 is 0. The van der Waals surface area contributed by atoms with Gasteiger partial charge in [-0.05, 0) is 43.2 Å². The third-order valence-electron chi connectivity index (χ3n) is 5.16. The molecule has 9 nitrogen and oxygen atoms in total. The van der Waals surface area contributed by atoms with Crippen LogP contribution in [0.25, 0.3) is 0 Å². The molecule has 0 radical (unpaired) electrons. The molecule has 1 heterocycles. The average Bonchev–Trinajstić information content (AvgIpc) is 3.25. The van der Waals surface area contributed by atoms with Crippen molar-refractivity contribution in [2.75, 3.05) is 26.3 Å². The predicted molar refractivity (Wildman–Crippen MR) is 112 cm³/mol. The Balaban J connectivity index is 1.57. The lowest BCUT2D eigenvalue weighted by Gasteiger charge is -2.14. The maximum atomic E-state index is 11.4. The zero-order valence-electron chi connectivity index (χ0n) is 17.4. The standard InChI is InChI=1S/C22H26N2O7/c1-2-29-14-17-4-3-5-21(24(27)28)20(17)15-31-19-8-6-18(7-9-19)30-13-16-10-11-23(12-16)22(25)26/h3-9,16H,2,10-15H2,1H3,(H,25,26)/t16-/m1/s1. The van der Waals surface area contributed by atoms with Gasteiger partial charge in [0.1, 0.15) is 18.1 Å². The second-order valence-electron chi connectivity index (χ2n) is 7.26. The molecule has 1 N–H and O–H groups in total. The van der Waals surface area contributed by atoms with Crippen molar-refractivity contribution in [1.82, 2.24) is 4.90 Å². The Kier molecular flexibility index (Phi) is 7.66. The van der Waals surface area contributed by atoms with E-state index in [0.29, 0.717) is 43.4 Å². The van der Waals surface area contributed by atoms with Gasteiger partial charge in [-0.15, -0.1) is 0 Å². The average molecular weight is 430 g/mol. The second kappa shape index (κ2) is 10.6.